The molecular formula is C15H19N5O. The highest BCUT2D eigenvalue weighted by Gasteiger charge is 2.13. The minimum atomic E-state index is 0.0265. The molecule has 6 nitrogen and oxygen atoms in total. The lowest BCUT2D eigenvalue weighted by molar-refractivity contribution is -0.117. The first-order valence-electron chi connectivity index (χ1n) is 7.14. The normalized spacial score (nSPS) is 15.8. The number of H-pyrrole nitrogens is 1. The second-order valence-corrected chi connectivity index (χ2v) is 5.13. The highest BCUT2D eigenvalue weighted by Crippen LogP contribution is 2.20. The van der Waals surface area contributed by atoms with Crippen molar-refractivity contribution in [2.45, 2.75) is 0 Å². The molecule has 1 saturated heterocycles. The summed E-state index contributed by atoms with van der Waals surface area (Å²) in [4.78, 5) is 14.2. The number of rotatable bonds is 4. The Morgan fingerprint density at radius 3 is 2.90 bits per heavy atom. The average Bonchev–Trinajstić information content (AvgIpc) is 3.02. The van der Waals surface area contributed by atoms with E-state index in [1.165, 1.54) is 0 Å². The van der Waals surface area contributed by atoms with Gasteiger partial charge in [-0.3, -0.25) is 14.8 Å². The number of nitrogens with zero attached hydrogens (tertiary/aromatic N) is 2. The lowest BCUT2D eigenvalue weighted by atomic mass is 10.1. The van der Waals surface area contributed by atoms with E-state index in [4.69, 9.17) is 0 Å². The molecule has 1 aliphatic rings. The quantitative estimate of drug-likeness (QED) is 0.781. The highest BCUT2D eigenvalue weighted by molar-refractivity contribution is 5.92. The number of hydrogen-bond acceptors (Lipinski definition) is 4. The summed E-state index contributed by atoms with van der Waals surface area (Å²) < 4.78 is 0. The van der Waals surface area contributed by atoms with Gasteiger partial charge in [0.15, 0.2) is 0 Å². The number of anilines is 1. The molecule has 2 heterocycles. The van der Waals surface area contributed by atoms with Crippen LogP contribution in [0.4, 0.5) is 5.69 Å². The number of benzene rings is 1. The van der Waals surface area contributed by atoms with E-state index in [-0.39, 0.29) is 5.91 Å². The van der Waals surface area contributed by atoms with Crippen molar-refractivity contribution in [3.63, 3.8) is 0 Å². The standard InChI is InChI=1S/C15H19N5O/c21-15(11-20-8-6-16-7-9-20)18-13-3-1-2-12(10-13)14-4-5-17-19-14/h1-5,10,16H,6-9,11H2,(H,17,19)(H,18,21). The molecule has 0 spiro atoms. The van der Waals surface area contributed by atoms with Gasteiger partial charge < -0.3 is 10.6 Å². The molecule has 0 unspecified atom stereocenters. The number of nitrogens with one attached hydrogen (secondary N) is 3. The maximum absolute atomic E-state index is 12.1. The fourth-order valence-corrected chi connectivity index (χ4v) is 2.45. The first-order chi connectivity index (χ1) is 10.3. The minimum Gasteiger partial charge on any atom is -0.325 e. The van der Waals surface area contributed by atoms with Crippen LogP contribution in [0.3, 0.4) is 0 Å². The Labute approximate surface area is 123 Å². The van der Waals surface area contributed by atoms with Crippen molar-refractivity contribution in [2.24, 2.45) is 0 Å². The summed E-state index contributed by atoms with van der Waals surface area (Å²) in [6.07, 6.45) is 1.71. The smallest absolute Gasteiger partial charge is 0.238 e. The largest absolute Gasteiger partial charge is 0.325 e. The Balaban J connectivity index is 1.62. The van der Waals surface area contributed by atoms with Crippen LogP contribution in [-0.4, -0.2) is 53.7 Å². The lowest BCUT2D eigenvalue weighted by Crippen LogP contribution is -2.46. The zero-order valence-corrected chi connectivity index (χ0v) is 11.8. The Morgan fingerprint density at radius 2 is 2.14 bits per heavy atom. The van der Waals surface area contributed by atoms with Gasteiger partial charge in [-0.25, -0.2) is 0 Å². The molecule has 21 heavy (non-hydrogen) atoms. The van der Waals surface area contributed by atoms with Gasteiger partial charge in [-0.1, -0.05) is 12.1 Å². The van der Waals surface area contributed by atoms with Crippen molar-refractivity contribution in [3.05, 3.63) is 36.5 Å². The second kappa shape index (κ2) is 6.51. The molecule has 0 saturated carbocycles. The van der Waals surface area contributed by atoms with Crippen molar-refractivity contribution in [1.29, 1.82) is 0 Å². The molecule has 2 aromatic rings. The van der Waals surface area contributed by atoms with Crippen LogP contribution in [0.15, 0.2) is 36.5 Å². The molecule has 1 aromatic heterocycles. The van der Waals surface area contributed by atoms with E-state index < -0.39 is 0 Å². The second-order valence-electron chi connectivity index (χ2n) is 5.13. The molecule has 110 valence electrons. The third kappa shape index (κ3) is 3.68. The van der Waals surface area contributed by atoms with E-state index >= 15 is 0 Å². The van der Waals surface area contributed by atoms with Crippen LogP contribution >= 0.6 is 0 Å². The maximum Gasteiger partial charge on any atom is 0.238 e. The fourth-order valence-electron chi connectivity index (χ4n) is 2.45. The van der Waals surface area contributed by atoms with Gasteiger partial charge in [-0.15, -0.1) is 0 Å². The molecule has 0 radical (unpaired) electrons. The monoisotopic (exact) mass is 285 g/mol. The van der Waals surface area contributed by atoms with Crippen molar-refractivity contribution < 1.29 is 4.79 Å². The van der Waals surface area contributed by atoms with E-state index in [1.54, 1.807) is 6.20 Å². The van der Waals surface area contributed by atoms with E-state index in [1.807, 2.05) is 30.3 Å². The summed E-state index contributed by atoms with van der Waals surface area (Å²) in [5, 5.41) is 13.1. The van der Waals surface area contributed by atoms with Crippen molar-refractivity contribution >= 4 is 11.6 Å². The number of piperazine rings is 1. The Hall–Kier alpha value is -2.18. The summed E-state index contributed by atoms with van der Waals surface area (Å²) in [5.74, 6) is 0.0265. The predicted octanol–water partition coefficient (Wildman–Crippen LogP) is 0.920. The van der Waals surface area contributed by atoms with Gasteiger partial charge in [0.05, 0.1) is 12.2 Å². The maximum atomic E-state index is 12.1. The van der Waals surface area contributed by atoms with Crippen LogP contribution in [0, 0.1) is 0 Å². The van der Waals surface area contributed by atoms with Crippen LogP contribution in [-0.2, 0) is 4.79 Å². The zero-order chi connectivity index (χ0) is 14.5. The van der Waals surface area contributed by atoms with Crippen LogP contribution in [0.25, 0.3) is 11.3 Å². The third-order valence-electron chi connectivity index (χ3n) is 3.53. The van der Waals surface area contributed by atoms with Crippen molar-refractivity contribution in [1.82, 2.24) is 20.4 Å². The molecule has 3 rings (SSSR count). The Morgan fingerprint density at radius 1 is 1.29 bits per heavy atom. The lowest BCUT2D eigenvalue weighted by Gasteiger charge is -2.26. The molecular weight excluding hydrogens is 266 g/mol. The molecule has 1 fully saturated rings. The van der Waals surface area contributed by atoms with Gasteiger partial charge in [0.1, 0.15) is 0 Å². The van der Waals surface area contributed by atoms with Crippen LogP contribution in [0.1, 0.15) is 0 Å². The highest BCUT2D eigenvalue weighted by atomic mass is 16.2. The van der Waals surface area contributed by atoms with Crippen LogP contribution in [0.5, 0.6) is 0 Å². The van der Waals surface area contributed by atoms with Gasteiger partial charge in [0.2, 0.25) is 5.91 Å². The number of carbonyl (C=O) groups is 1. The third-order valence-corrected chi connectivity index (χ3v) is 3.53. The van der Waals surface area contributed by atoms with E-state index in [2.05, 4.69) is 25.7 Å². The molecule has 6 heteroatoms. The van der Waals surface area contributed by atoms with E-state index in [9.17, 15) is 4.79 Å². The number of hydrogen-bond donors (Lipinski definition) is 3. The molecule has 0 atom stereocenters. The summed E-state index contributed by atoms with van der Waals surface area (Å²) in [5.41, 5.74) is 2.75. The Bertz CT molecular complexity index is 590. The Kier molecular flexibility index (Phi) is 4.28. The van der Waals surface area contributed by atoms with Gasteiger partial charge >= 0.3 is 0 Å². The molecule has 1 amide bonds. The van der Waals surface area contributed by atoms with Gasteiger partial charge in [-0.05, 0) is 18.2 Å². The molecule has 1 aromatic carbocycles. The van der Waals surface area contributed by atoms with E-state index in [0.717, 1.165) is 43.1 Å². The fraction of sp³-hybridized carbons (Fsp3) is 0.333. The number of aromatic amines is 1. The molecule has 3 N–H and O–H groups in total. The van der Waals surface area contributed by atoms with Crippen molar-refractivity contribution in [3.8, 4) is 11.3 Å². The average molecular weight is 285 g/mol. The molecule has 0 bridgehead atoms. The summed E-state index contributed by atoms with van der Waals surface area (Å²) >= 11 is 0. The van der Waals surface area contributed by atoms with E-state index in [0.29, 0.717) is 6.54 Å². The SMILES string of the molecule is O=C(CN1CCNCC1)Nc1cccc(-c2ccn[nH]2)c1. The topological polar surface area (TPSA) is 73.1 Å². The predicted molar refractivity (Wildman–Crippen MR) is 82.0 cm³/mol. The zero-order valence-electron chi connectivity index (χ0n) is 11.8. The first-order valence-corrected chi connectivity index (χ1v) is 7.14. The number of amides is 1. The first kappa shape index (κ1) is 13.8. The van der Waals surface area contributed by atoms with Crippen molar-refractivity contribution in [2.75, 3.05) is 38.0 Å². The van der Waals surface area contributed by atoms with Gasteiger partial charge in [-0.2, -0.15) is 5.10 Å². The molecule has 0 aliphatic carbocycles. The number of carbonyl (C=O) groups excluding carboxylic acids is 1. The summed E-state index contributed by atoms with van der Waals surface area (Å²) in [6, 6.07) is 9.66. The minimum absolute atomic E-state index is 0.0265. The number of aromatic nitrogens is 2. The molecule has 1 aliphatic heterocycles. The summed E-state index contributed by atoms with van der Waals surface area (Å²) in [7, 11) is 0. The van der Waals surface area contributed by atoms with Crippen LogP contribution < -0.4 is 10.6 Å². The van der Waals surface area contributed by atoms with Gasteiger partial charge in [0.25, 0.3) is 0 Å². The van der Waals surface area contributed by atoms with Crippen LogP contribution in [0.2, 0.25) is 0 Å². The van der Waals surface area contributed by atoms with Gasteiger partial charge in [0, 0.05) is 43.6 Å². The summed E-state index contributed by atoms with van der Waals surface area (Å²) in [6.45, 7) is 4.17.